The molecular formula is C32H55NO4. The van der Waals surface area contributed by atoms with Crippen LogP contribution in [0.5, 0.6) is 0 Å². The van der Waals surface area contributed by atoms with Gasteiger partial charge in [-0.2, -0.15) is 0 Å². The summed E-state index contributed by atoms with van der Waals surface area (Å²) in [7, 11) is 0. The van der Waals surface area contributed by atoms with Gasteiger partial charge in [0, 0.05) is 12.3 Å². The van der Waals surface area contributed by atoms with E-state index in [9.17, 15) is 15.0 Å². The third-order valence-electron chi connectivity index (χ3n) is 13.0. The van der Waals surface area contributed by atoms with E-state index in [1.165, 1.54) is 25.7 Å². The van der Waals surface area contributed by atoms with Crippen molar-refractivity contribution in [3.63, 3.8) is 0 Å². The average molecular weight is 518 g/mol. The summed E-state index contributed by atoms with van der Waals surface area (Å²) in [6.45, 7) is 13.4. The number of carbonyl (C=O) groups excluding carboxylic acids is 1. The average Bonchev–Trinajstić information content (AvgIpc) is 3.23. The van der Waals surface area contributed by atoms with E-state index in [1.54, 1.807) is 0 Å². The van der Waals surface area contributed by atoms with Crippen LogP contribution in [0.1, 0.15) is 112 Å². The quantitative estimate of drug-likeness (QED) is 0.393. The highest BCUT2D eigenvalue weighted by Gasteiger charge is 2.63. The summed E-state index contributed by atoms with van der Waals surface area (Å²) in [6, 6.07) is 0. The molecule has 3 N–H and O–H groups in total. The zero-order valence-corrected chi connectivity index (χ0v) is 24.3. The van der Waals surface area contributed by atoms with Gasteiger partial charge in [0.25, 0.3) is 0 Å². The van der Waals surface area contributed by atoms with Gasteiger partial charge in [-0.1, -0.05) is 20.8 Å². The van der Waals surface area contributed by atoms with Crippen LogP contribution in [0.15, 0.2) is 0 Å². The fraction of sp³-hybridized carbons (Fsp3) is 0.969. The highest BCUT2D eigenvalue weighted by Crippen LogP contribution is 2.68. The number of aliphatic hydroxyl groups excluding tert-OH is 2. The lowest BCUT2D eigenvalue weighted by molar-refractivity contribution is -0.175. The Bertz CT molecular complexity index is 824. The van der Waals surface area contributed by atoms with Gasteiger partial charge >= 0.3 is 5.97 Å². The van der Waals surface area contributed by atoms with E-state index in [0.29, 0.717) is 47.8 Å². The Morgan fingerprint density at radius 3 is 2.46 bits per heavy atom. The summed E-state index contributed by atoms with van der Waals surface area (Å²) in [4.78, 5) is 12.9. The van der Waals surface area contributed by atoms with Crippen LogP contribution in [0.3, 0.4) is 0 Å². The van der Waals surface area contributed by atoms with E-state index in [4.69, 9.17) is 4.74 Å². The summed E-state index contributed by atoms with van der Waals surface area (Å²) in [5.41, 5.74) is -0.166. The van der Waals surface area contributed by atoms with Gasteiger partial charge in [0.2, 0.25) is 0 Å². The molecule has 37 heavy (non-hydrogen) atoms. The van der Waals surface area contributed by atoms with Crippen molar-refractivity contribution in [1.82, 2.24) is 5.32 Å². The molecular weight excluding hydrogens is 462 g/mol. The lowest BCUT2D eigenvalue weighted by atomic mass is 9.43. The predicted octanol–water partition coefficient (Wildman–Crippen LogP) is 5.71. The Morgan fingerprint density at radius 2 is 1.73 bits per heavy atom. The highest BCUT2D eigenvalue weighted by molar-refractivity contribution is 5.69. The SMILES string of the molecule is C[C@H](CCC(=O)OC(C)(C)C1CCNCC1)[C@H]1CC[C@H]2[C@@H]3CC[C@@H]4CC(O)CC[C@]4(C)[C@H]3CC(O)[C@]12C. The van der Waals surface area contributed by atoms with Crippen molar-refractivity contribution < 1.29 is 19.7 Å². The first kappa shape index (κ1) is 27.9. The van der Waals surface area contributed by atoms with Crippen molar-refractivity contribution in [2.24, 2.45) is 52.3 Å². The Morgan fingerprint density at radius 1 is 1.00 bits per heavy atom. The van der Waals surface area contributed by atoms with Crippen LogP contribution in [-0.4, -0.2) is 47.1 Å². The second-order valence-corrected chi connectivity index (χ2v) is 15.0. The summed E-state index contributed by atoms with van der Waals surface area (Å²) >= 11 is 0. The molecule has 4 saturated carbocycles. The van der Waals surface area contributed by atoms with Gasteiger partial charge in [0.15, 0.2) is 0 Å². The van der Waals surface area contributed by atoms with E-state index in [1.807, 2.05) is 0 Å². The Labute approximate surface area is 225 Å². The second kappa shape index (κ2) is 10.4. The van der Waals surface area contributed by atoms with Crippen molar-refractivity contribution >= 4 is 5.97 Å². The van der Waals surface area contributed by atoms with Gasteiger partial charge in [-0.3, -0.25) is 4.79 Å². The van der Waals surface area contributed by atoms with Crippen LogP contribution in [0.25, 0.3) is 0 Å². The Kier molecular flexibility index (Phi) is 7.84. The molecule has 5 nitrogen and oxygen atoms in total. The molecule has 212 valence electrons. The first-order valence-corrected chi connectivity index (χ1v) is 15.8. The molecule has 1 heterocycles. The van der Waals surface area contributed by atoms with Crippen LogP contribution in [0.4, 0.5) is 0 Å². The van der Waals surface area contributed by atoms with E-state index >= 15 is 0 Å². The minimum absolute atomic E-state index is 0.0454. The van der Waals surface area contributed by atoms with Crippen LogP contribution in [0, 0.1) is 52.3 Å². The fourth-order valence-corrected chi connectivity index (χ4v) is 10.7. The van der Waals surface area contributed by atoms with Crippen molar-refractivity contribution in [2.45, 2.75) is 129 Å². The number of aliphatic hydroxyl groups is 2. The minimum Gasteiger partial charge on any atom is -0.459 e. The molecule has 5 heteroatoms. The number of hydrogen-bond donors (Lipinski definition) is 3. The van der Waals surface area contributed by atoms with E-state index in [0.717, 1.165) is 58.0 Å². The molecule has 0 aromatic carbocycles. The Hall–Kier alpha value is -0.650. The molecule has 2 unspecified atom stereocenters. The largest absolute Gasteiger partial charge is 0.459 e. The maximum atomic E-state index is 12.9. The molecule has 10 atom stereocenters. The fourth-order valence-electron chi connectivity index (χ4n) is 10.7. The van der Waals surface area contributed by atoms with Crippen LogP contribution in [-0.2, 0) is 9.53 Å². The Balaban J connectivity index is 1.21. The number of piperidine rings is 1. The van der Waals surface area contributed by atoms with E-state index in [2.05, 4.69) is 39.9 Å². The highest BCUT2D eigenvalue weighted by atomic mass is 16.6. The molecule has 0 spiro atoms. The van der Waals surface area contributed by atoms with Gasteiger partial charge in [-0.05, 0) is 144 Å². The van der Waals surface area contributed by atoms with Gasteiger partial charge in [0.1, 0.15) is 5.60 Å². The topological polar surface area (TPSA) is 78.8 Å². The molecule has 0 radical (unpaired) electrons. The maximum Gasteiger partial charge on any atom is 0.306 e. The van der Waals surface area contributed by atoms with Gasteiger partial charge in [0.05, 0.1) is 12.2 Å². The van der Waals surface area contributed by atoms with Gasteiger partial charge < -0.3 is 20.3 Å². The number of esters is 1. The number of nitrogens with one attached hydrogen (secondary N) is 1. The number of rotatable bonds is 6. The molecule has 0 aromatic rings. The van der Waals surface area contributed by atoms with Crippen molar-refractivity contribution in [3.05, 3.63) is 0 Å². The molecule has 5 fully saturated rings. The lowest BCUT2D eigenvalue weighted by Crippen LogP contribution is -2.58. The van der Waals surface area contributed by atoms with Gasteiger partial charge in [-0.15, -0.1) is 0 Å². The van der Waals surface area contributed by atoms with Crippen molar-refractivity contribution in [2.75, 3.05) is 13.1 Å². The van der Waals surface area contributed by atoms with Gasteiger partial charge in [-0.25, -0.2) is 0 Å². The smallest absolute Gasteiger partial charge is 0.306 e. The van der Waals surface area contributed by atoms with Crippen molar-refractivity contribution in [1.29, 1.82) is 0 Å². The molecule has 1 saturated heterocycles. The predicted molar refractivity (Wildman–Crippen MR) is 147 cm³/mol. The van der Waals surface area contributed by atoms with Crippen LogP contribution >= 0.6 is 0 Å². The molecule has 0 aromatic heterocycles. The third-order valence-corrected chi connectivity index (χ3v) is 13.0. The number of carbonyl (C=O) groups is 1. The zero-order chi connectivity index (χ0) is 26.6. The monoisotopic (exact) mass is 517 g/mol. The molecule has 5 rings (SSSR count). The molecule has 5 aliphatic rings. The summed E-state index contributed by atoms with van der Waals surface area (Å²) in [6.07, 6.45) is 11.9. The third kappa shape index (κ3) is 4.92. The number of hydrogen-bond acceptors (Lipinski definition) is 5. The van der Waals surface area contributed by atoms with E-state index < -0.39 is 5.60 Å². The minimum atomic E-state index is -0.397. The molecule has 4 aliphatic carbocycles. The zero-order valence-electron chi connectivity index (χ0n) is 24.3. The normalized spacial score (nSPS) is 45.4. The first-order chi connectivity index (χ1) is 17.5. The lowest BCUT2D eigenvalue weighted by Gasteiger charge is -2.62. The maximum absolute atomic E-state index is 12.9. The van der Waals surface area contributed by atoms with Crippen molar-refractivity contribution in [3.8, 4) is 0 Å². The molecule has 1 aliphatic heterocycles. The first-order valence-electron chi connectivity index (χ1n) is 15.8. The molecule has 0 amide bonds. The van der Waals surface area contributed by atoms with Crippen LogP contribution in [0.2, 0.25) is 0 Å². The number of ether oxygens (including phenoxy) is 1. The number of fused-ring (bicyclic) bond motifs is 5. The second-order valence-electron chi connectivity index (χ2n) is 15.0. The standard InChI is InChI=1S/C32H55NO4/c1-20(6-11-29(36)37-30(2,3)21-13-16-33-17-14-21)25-9-10-26-24-8-7-22-18-23(34)12-15-31(22,4)27(24)19-28(35)32(25,26)5/h20-28,33-35H,6-19H2,1-5H3/t20-,22-,23?,24+,25-,26+,27+,28?,31+,32-/m1/s1. The van der Waals surface area contributed by atoms with Crippen LogP contribution < -0.4 is 5.32 Å². The summed E-state index contributed by atoms with van der Waals surface area (Å²) < 4.78 is 6.05. The van der Waals surface area contributed by atoms with E-state index in [-0.39, 0.29) is 29.0 Å². The summed E-state index contributed by atoms with van der Waals surface area (Å²) in [5.74, 6) is 3.76. The summed E-state index contributed by atoms with van der Waals surface area (Å²) in [5, 5.41) is 25.5. The molecule has 0 bridgehead atoms.